The lowest BCUT2D eigenvalue weighted by atomic mass is 10.0. The highest BCUT2D eigenvalue weighted by molar-refractivity contribution is 5.95. The average molecular weight is 1370 g/mol. The van der Waals surface area contributed by atoms with Gasteiger partial charge in [-0.1, -0.05) is 127 Å². The third-order valence-electron chi connectivity index (χ3n) is 12.9. The molecule has 0 saturated heterocycles. The molecule has 7 atom stereocenters. The highest BCUT2D eigenvalue weighted by Gasteiger charge is 2.17. The van der Waals surface area contributed by atoms with Gasteiger partial charge in [-0.3, -0.25) is 44.4 Å². The summed E-state index contributed by atoms with van der Waals surface area (Å²) in [6.07, 6.45) is 1.59. The number of anilines is 2. The van der Waals surface area contributed by atoms with E-state index >= 15 is 0 Å². The normalized spacial score (nSPS) is 12.1. The van der Waals surface area contributed by atoms with Crippen molar-refractivity contribution >= 4 is 88.1 Å². The Kier molecular flexibility index (Phi) is 37.9. The molecule has 33 heteroatoms. The van der Waals surface area contributed by atoms with Crippen LogP contribution in [0.5, 0.6) is 0 Å². The van der Waals surface area contributed by atoms with E-state index in [9.17, 15) is 33.6 Å². The van der Waals surface area contributed by atoms with Crippen LogP contribution in [0.15, 0.2) is 186 Å². The number of carboxylic acid groups (broad SMARTS) is 7. The lowest BCUT2D eigenvalue weighted by Crippen LogP contribution is -2.32. The van der Waals surface area contributed by atoms with E-state index in [1.807, 2.05) is 6.07 Å². The predicted molar refractivity (Wildman–Crippen MR) is 377 cm³/mol. The first kappa shape index (κ1) is 84.6. The number of amidine groups is 2. The molecule has 0 spiro atoms. The van der Waals surface area contributed by atoms with Crippen molar-refractivity contribution in [3.63, 3.8) is 0 Å². The van der Waals surface area contributed by atoms with Crippen LogP contribution in [0.4, 0.5) is 22.7 Å². The molecule has 7 aromatic rings. The molecule has 39 N–H and O–H groups in total. The van der Waals surface area contributed by atoms with Crippen LogP contribution in [0.3, 0.4) is 0 Å². The molecule has 7 aromatic carbocycles. The lowest BCUT2D eigenvalue weighted by molar-refractivity contribution is -0.139. The fourth-order valence-corrected chi connectivity index (χ4v) is 7.72. The zero-order valence-corrected chi connectivity index (χ0v) is 53.6. The number of hydrogen-bond acceptors (Lipinski definition) is 20. The fourth-order valence-electron chi connectivity index (χ4n) is 7.72. The molecular weight excluding hydrogens is 1280 g/mol. The number of rotatable bonds is 24. The Hall–Kier alpha value is -12.4. The topological polar surface area (TPSA) is 724 Å². The van der Waals surface area contributed by atoms with Gasteiger partial charge in [0.15, 0.2) is 11.9 Å². The molecule has 0 fully saturated rings. The van der Waals surface area contributed by atoms with Gasteiger partial charge in [-0.2, -0.15) is 0 Å². The Balaban J connectivity index is 0.000000579. The van der Waals surface area contributed by atoms with E-state index in [1.54, 1.807) is 170 Å². The van der Waals surface area contributed by atoms with E-state index in [-0.39, 0.29) is 55.7 Å². The van der Waals surface area contributed by atoms with E-state index in [2.05, 4.69) is 9.98 Å². The molecule has 530 valence electrons. The lowest BCUT2D eigenvalue weighted by Gasteiger charge is -2.08. The predicted octanol–water partition coefficient (Wildman–Crippen LogP) is 0.159. The maximum absolute atomic E-state index is 10.6. The maximum atomic E-state index is 10.6. The third kappa shape index (κ3) is 36.2. The van der Waals surface area contributed by atoms with Crippen molar-refractivity contribution in [1.29, 1.82) is 10.8 Å². The number of nitrogens with zero attached hydrogens (tertiary/aromatic N) is 2. The second-order valence-electron chi connectivity index (χ2n) is 21.2. The minimum absolute atomic E-state index is 0.0101. The van der Waals surface area contributed by atoms with Crippen molar-refractivity contribution in [3.8, 4) is 0 Å². The number of nitrogen functional groups attached to an aromatic ring is 4. The van der Waals surface area contributed by atoms with Crippen LogP contribution in [0.1, 0.15) is 56.1 Å². The van der Waals surface area contributed by atoms with Gasteiger partial charge in [0.1, 0.15) is 54.0 Å². The number of guanidine groups is 2. The molecule has 99 heavy (non-hydrogen) atoms. The second-order valence-corrected chi connectivity index (χ2v) is 21.2. The van der Waals surface area contributed by atoms with E-state index in [0.29, 0.717) is 45.9 Å². The highest BCUT2D eigenvalue weighted by atomic mass is 16.4. The molecule has 0 radical (unpaired) electrons. The van der Waals surface area contributed by atoms with Gasteiger partial charge in [-0.05, 0) is 120 Å². The van der Waals surface area contributed by atoms with Crippen molar-refractivity contribution in [2.75, 3.05) is 11.5 Å². The average Bonchev–Trinajstić information content (AvgIpc) is 1.05. The van der Waals surface area contributed by atoms with Crippen LogP contribution in [-0.4, -0.2) is 137 Å². The smallest absolute Gasteiger partial charge is 0.325 e. The Morgan fingerprint density at radius 2 is 0.687 bits per heavy atom. The van der Waals surface area contributed by atoms with Crippen molar-refractivity contribution in [3.05, 3.63) is 226 Å². The first-order valence-corrected chi connectivity index (χ1v) is 29.3. The zero-order valence-electron chi connectivity index (χ0n) is 53.6. The largest absolute Gasteiger partial charge is 0.480 e. The number of carbonyl (C=O) groups is 7. The Morgan fingerprint density at radius 3 is 1.08 bits per heavy atom. The van der Waals surface area contributed by atoms with Gasteiger partial charge < -0.3 is 122 Å². The monoisotopic (exact) mass is 1370 g/mol. The molecule has 0 heterocycles. The summed E-state index contributed by atoms with van der Waals surface area (Å²) in [5, 5.41) is 74.6. The summed E-state index contributed by atoms with van der Waals surface area (Å²) in [5.41, 5.74) is 89.3. The molecule has 33 nitrogen and oxygen atoms in total. The molecular formula is C66H87N19O14. The van der Waals surface area contributed by atoms with E-state index in [1.165, 1.54) is 0 Å². The summed E-state index contributed by atoms with van der Waals surface area (Å²) in [6.45, 7) is 0. The van der Waals surface area contributed by atoms with Gasteiger partial charge in [-0.15, -0.1) is 0 Å². The number of nitrogens with two attached hydrogens (primary N) is 15. The maximum Gasteiger partial charge on any atom is 0.325 e. The molecule has 7 rings (SSSR count). The van der Waals surface area contributed by atoms with Gasteiger partial charge in [0, 0.05) is 28.9 Å². The first-order valence-electron chi connectivity index (χ1n) is 29.3. The van der Waals surface area contributed by atoms with Crippen molar-refractivity contribution < 1.29 is 69.3 Å². The van der Waals surface area contributed by atoms with Crippen molar-refractivity contribution in [2.45, 2.75) is 80.8 Å². The van der Waals surface area contributed by atoms with Gasteiger partial charge >= 0.3 is 41.8 Å². The molecule has 0 saturated carbocycles. The van der Waals surface area contributed by atoms with E-state index in [4.69, 9.17) is 133 Å². The molecule has 0 unspecified atom stereocenters. The molecule has 0 aromatic heterocycles. The Bertz CT molecular complexity index is 3820. The Labute approximate surface area is 569 Å². The van der Waals surface area contributed by atoms with Crippen molar-refractivity contribution in [2.24, 2.45) is 84.5 Å². The zero-order chi connectivity index (χ0) is 75.1. The van der Waals surface area contributed by atoms with Gasteiger partial charge in [-0.25, -0.2) is 9.98 Å². The first-order chi connectivity index (χ1) is 46.4. The molecule has 0 amide bonds. The number of hydrogen-bond donors (Lipinski definition) is 24. The van der Waals surface area contributed by atoms with Gasteiger partial charge in [0.2, 0.25) is 0 Å². The SMILES string of the molecule is N=C(N)c1ccc(C[C@H](N)C(=O)O)cc1.N=C(N)c1cccc(C[C@H](N)C(=O)O)c1.NC(N)=Nc1ccc(C[C@H](N)C(=O)O)cc1.NC(N)=Nc1cccc(C[C@H](N)C(=O)O)c1.N[C@H](C(=O)O)c1ccccc1.Nc1cccc(C[C@H](N)C(=O)O)c1.Nc1ccccc1C[C@H](N)C(=O)O. The van der Waals surface area contributed by atoms with Crippen LogP contribution in [0.2, 0.25) is 0 Å². The van der Waals surface area contributed by atoms with Crippen LogP contribution in [0, 0.1) is 10.8 Å². The summed E-state index contributed by atoms with van der Waals surface area (Å²) in [5.74, 6) is -7.24. The number of aliphatic imine (C=N–C) groups is 2. The quantitative estimate of drug-likeness (QED) is 0.0218. The van der Waals surface area contributed by atoms with E-state index < -0.39 is 84.1 Å². The summed E-state index contributed by atoms with van der Waals surface area (Å²) in [4.78, 5) is 81.1. The number of aliphatic carboxylic acids is 7. The fraction of sp³-hybridized carbons (Fsp3) is 0.197. The minimum Gasteiger partial charge on any atom is -0.480 e. The summed E-state index contributed by atoms with van der Waals surface area (Å²) in [7, 11) is 0. The van der Waals surface area contributed by atoms with Crippen LogP contribution < -0.4 is 86.0 Å². The van der Waals surface area contributed by atoms with E-state index in [0.717, 1.165) is 33.4 Å². The van der Waals surface area contributed by atoms with Gasteiger partial charge in [0.25, 0.3) is 0 Å². The number of para-hydroxylation sites is 1. The minimum atomic E-state index is -1.04. The third-order valence-corrected chi connectivity index (χ3v) is 12.9. The molecule has 0 bridgehead atoms. The van der Waals surface area contributed by atoms with Crippen LogP contribution >= 0.6 is 0 Å². The summed E-state index contributed by atoms with van der Waals surface area (Å²) in [6, 6.07) is 44.0. The standard InChI is InChI=1S/2C10H14N4O2.2C10H13N3O2.2C9H12N2O2.C8H9NO2/c11-8(9(15)16)5-6-1-3-7(4-2-6)14-10(12)13;11-8(9(15)16)5-6-2-1-3-7(4-6)14-10(12)13;11-8(10(14)15)5-6-1-3-7(4-2-6)9(12)13;11-8(10(14)15)5-6-2-1-3-7(4-6)9(12)13;10-7-3-1-2-6(4-7)5-8(11)9(12)13;10-7-4-2-1-3-6(7)5-8(11)9(12)13;9-7(8(10)11)6-4-2-1-3-5-6/h2*1-4,8H,5,11H2,(H,15,16)(H4,12,13,14);2*1-4,8H,5,11H2,(H3,12,13)(H,14,15);2*1-4,8H,5,10-11H2,(H,12,13);1-5,7H,9H2,(H,10,11)/t6*8-;7-/m0000000/s1. The molecule has 0 aliphatic carbocycles. The summed E-state index contributed by atoms with van der Waals surface area (Å²) >= 11 is 0. The highest BCUT2D eigenvalue weighted by Crippen LogP contribution is 2.17. The van der Waals surface area contributed by atoms with Crippen LogP contribution in [0.25, 0.3) is 0 Å². The number of nitrogens with one attached hydrogen (secondary N) is 2. The van der Waals surface area contributed by atoms with Crippen molar-refractivity contribution in [1.82, 2.24) is 0 Å². The second kappa shape index (κ2) is 44.3. The summed E-state index contributed by atoms with van der Waals surface area (Å²) < 4.78 is 0. The molecule has 0 aliphatic heterocycles. The Morgan fingerprint density at radius 1 is 0.333 bits per heavy atom. The van der Waals surface area contributed by atoms with Crippen LogP contribution in [-0.2, 0) is 72.1 Å². The van der Waals surface area contributed by atoms with Gasteiger partial charge in [0.05, 0.1) is 11.4 Å². The molecule has 0 aliphatic rings. The number of carboxylic acids is 7. The number of benzene rings is 7.